The summed E-state index contributed by atoms with van der Waals surface area (Å²) in [5, 5.41) is 16.0. The van der Waals surface area contributed by atoms with Crippen LogP contribution < -0.4 is 19.7 Å². The number of nitrogens with one attached hydrogen (secondary N) is 2. The molecule has 0 spiro atoms. The summed E-state index contributed by atoms with van der Waals surface area (Å²) in [6, 6.07) is 18.8. The van der Waals surface area contributed by atoms with Crippen LogP contribution in [-0.2, 0) is 16.4 Å². The average molecular weight is 865 g/mol. The van der Waals surface area contributed by atoms with Gasteiger partial charge in [0.25, 0.3) is 21.6 Å². The van der Waals surface area contributed by atoms with Gasteiger partial charge in [-0.1, -0.05) is 74.6 Å². The summed E-state index contributed by atoms with van der Waals surface area (Å²) in [7, 11) is -4.53. The van der Waals surface area contributed by atoms with Crippen molar-refractivity contribution < 1.29 is 22.9 Å². The molecular formula is C47H53ClN6O6S. The summed E-state index contributed by atoms with van der Waals surface area (Å²) < 4.78 is 35.9. The number of pyridine rings is 1. The lowest BCUT2D eigenvalue weighted by Gasteiger charge is -2.39. The summed E-state index contributed by atoms with van der Waals surface area (Å²) in [4.78, 5) is 34.3. The molecule has 1 aromatic heterocycles. The van der Waals surface area contributed by atoms with Gasteiger partial charge in [-0.15, -0.1) is 0 Å². The molecule has 2 fully saturated rings. The van der Waals surface area contributed by atoms with Crippen LogP contribution in [0.5, 0.6) is 11.5 Å². The molecule has 8 rings (SSSR count). The van der Waals surface area contributed by atoms with Gasteiger partial charge in [-0.05, 0) is 103 Å². The third kappa shape index (κ3) is 10.1. The topological polar surface area (TPSA) is 147 Å². The normalized spacial score (nSPS) is 18.2. The van der Waals surface area contributed by atoms with Gasteiger partial charge in [0.05, 0.1) is 27.3 Å². The first kappa shape index (κ1) is 42.5. The fourth-order valence-corrected chi connectivity index (χ4v) is 10.1. The fraction of sp³-hybridized carbons (Fsp3) is 0.404. The molecule has 4 aliphatic rings. The van der Waals surface area contributed by atoms with E-state index < -0.39 is 25.7 Å². The second kappa shape index (κ2) is 18.0. The van der Waals surface area contributed by atoms with Gasteiger partial charge in [-0.2, -0.15) is 0 Å². The molecule has 61 heavy (non-hydrogen) atoms. The van der Waals surface area contributed by atoms with Crippen molar-refractivity contribution in [1.29, 1.82) is 0 Å². The molecule has 1 saturated heterocycles. The van der Waals surface area contributed by atoms with Crippen LogP contribution in [0.25, 0.3) is 11.6 Å². The van der Waals surface area contributed by atoms with E-state index in [1.54, 1.807) is 24.4 Å². The maximum Gasteiger partial charge on any atom is 0.293 e. The number of piperazine rings is 1. The van der Waals surface area contributed by atoms with Gasteiger partial charge in [0.1, 0.15) is 17.2 Å². The van der Waals surface area contributed by atoms with E-state index in [-0.39, 0.29) is 28.1 Å². The lowest BCUT2D eigenvalue weighted by atomic mass is 9.72. The molecule has 4 aromatic rings. The second-order valence-corrected chi connectivity index (χ2v) is 19.7. The Morgan fingerprint density at radius 3 is 2.52 bits per heavy atom. The number of nitro benzene ring substituents is 1. The molecule has 2 N–H and O–H groups in total. The van der Waals surface area contributed by atoms with Gasteiger partial charge in [0, 0.05) is 68.5 Å². The van der Waals surface area contributed by atoms with E-state index in [1.807, 2.05) is 30.4 Å². The van der Waals surface area contributed by atoms with Crippen molar-refractivity contribution in [3.63, 3.8) is 0 Å². The van der Waals surface area contributed by atoms with E-state index in [0.717, 1.165) is 112 Å². The molecule has 2 heterocycles. The Morgan fingerprint density at radius 1 is 1.00 bits per heavy atom. The van der Waals surface area contributed by atoms with Crippen molar-refractivity contribution in [2.75, 3.05) is 49.5 Å². The first-order chi connectivity index (χ1) is 29.3. The summed E-state index contributed by atoms with van der Waals surface area (Å²) in [6.45, 7) is 9.28. The molecule has 1 saturated carbocycles. The van der Waals surface area contributed by atoms with E-state index in [9.17, 15) is 23.3 Å². The molecule has 0 unspecified atom stereocenters. The third-order valence-corrected chi connectivity index (χ3v) is 14.1. The van der Waals surface area contributed by atoms with Crippen molar-refractivity contribution >= 4 is 56.2 Å². The predicted octanol–water partition coefficient (Wildman–Crippen LogP) is 9.90. The smallest absolute Gasteiger partial charge is 0.293 e. The van der Waals surface area contributed by atoms with Crippen LogP contribution >= 0.6 is 11.6 Å². The zero-order chi connectivity index (χ0) is 42.7. The first-order valence-electron chi connectivity index (χ1n) is 21.3. The molecule has 3 aliphatic carbocycles. The monoisotopic (exact) mass is 864 g/mol. The Morgan fingerprint density at radius 2 is 1.77 bits per heavy atom. The van der Waals surface area contributed by atoms with E-state index in [2.05, 4.69) is 50.8 Å². The van der Waals surface area contributed by atoms with Crippen LogP contribution in [0.4, 0.5) is 17.1 Å². The number of benzene rings is 3. The minimum absolute atomic E-state index is 0.0100. The first-order valence-corrected chi connectivity index (χ1v) is 23.2. The second-order valence-electron chi connectivity index (χ2n) is 17.5. The van der Waals surface area contributed by atoms with Gasteiger partial charge in [-0.3, -0.25) is 24.8 Å². The van der Waals surface area contributed by atoms with Crippen molar-refractivity contribution in [3.05, 3.63) is 122 Å². The number of rotatable bonds is 13. The number of sulfonamides is 1. The maximum atomic E-state index is 13.9. The Hall–Kier alpha value is -5.24. The minimum atomic E-state index is -4.53. The standard InChI is InChI=1S/C47H53ClN6O6S/c1-47(2)20-19-35(41(28-47)33-11-13-36(48)14-12-33)31-52-21-23-53(24-22-52)37-15-17-40(45(26-37)60-38-25-34-9-6-10-42(34)50-30-38)46(55)51-61(58,59)39-16-18-43(44(27-39)54(56)57)49-29-32-7-4-3-5-8-32/h6,9,11-18,25-27,30,32,49H,3-5,7-8,10,19-24,28-29,31H2,1-2H3,(H,51,55). The Kier molecular flexibility index (Phi) is 12.5. The van der Waals surface area contributed by atoms with Crippen molar-refractivity contribution in [3.8, 4) is 11.5 Å². The lowest BCUT2D eigenvalue weighted by molar-refractivity contribution is -0.384. The Labute approximate surface area is 363 Å². The number of carbonyl (C=O) groups is 1. The van der Waals surface area contributed by atoms with Gasteiger partial charge >= 0.3 is 0 Å². The Bertz CT molecular complexity index is 2470. The molecule has 0 atom stereocenters. The van der Waals surface area contributed by atoms with Crippen LogP contribution in [0.15, 0.2) is 89.5 Å². The zero-order valence-electron chi connectivity index (χ0n) is 34.8. The van der Waals surface area contributed by atoms with E-state index in [1.165, 1.54) is 35.3 Å². The number of carbonyl (C=O) groups excluding carboxylic acids is 1. The number of halogens is 1. The molecule has 320 valence electrons. The number of nitrogens with zero attached hydrogens (tertiary/aromatic N) is 4. The zero-order valence-corrected chi connectivity index (χ0v) is 36.4. The molecule has 1 amide bonds. The van der Waals surface area contributed by atoms with Crippen LogP contribution in [-0.4, -0.2) is 68.4 Å². The van der Waals surface area contributed by atoms with E-state index in [0.29, 0.717) is 18.2 Å². The number of ether oxygens (including phenoxy) is 1. The van der Waals surface area contributed by atoms with E-state index in [4.69, 9.17) is 16.3 Å². The number of allylic oxidation sites excluding steroid dienone is 2. The van der Waals surface area contributed by atoms with Crippen LogP contribution in [0.1, 0.15) is 92.4 Å². The number of nitro groups is 1. The van der Waals surface area contributed by atoms with Gasteiger partial charge in [-0.25, -0.2) is 13.1 Å². The highest BCUT2D eigenvalue weighted by atomic mass is 35.5. The van der Waals surface area contributed by atoms with E-state index >= 15 is 0 Å². The van der Waals surface area contributed by atoms with Crippen molar-refractivity contribution in [2.24, 2.45) is 11.3 Å². The summed E-state index contributed by atoms with van der Waals surface area (Å²) in [5.41, 5.74) is 6.87. The number of amides is 1. The van der Waals surface area contributed by atoms with Crippen molar-refractivity contribution in [1.82, 2.24) is 14.6 Å². The Balaban J connectivity index is 1.00. The summed E-state index contributed by atoms with van der Waals surface area (Å²) in [5.74, 6) is 0.0335. The molecule has 0 bridgehead atoms. The average Bonchev–Trinajstić information content (AvgIpc) is 3.72. The van der Waals surface area contributed by atoms with Gasteiger partial charge in [0.2, 0.25) is 0 Å². The highest BCUT2D eigenvalue weighted by Gasteiger charge is 2.31. The van der Waals surface area contributed by atoms with Crippen LogP contribution in [0.3, 0.4) is 0 Å². The highest BCUT2D eigenvalue weighted by Crippen LogP contribution is 2.43. The molecule has 3 aromatic carbocycles. The molecule has 12 nitrogen and oxygen atoms in total. The minimum Gasteiger partial charge on any atom is -0.455 e. The predicted molar refractivity (Wildman–Crippen MR) is 241 cm³/mol. The fourth-order valence-electron chi connectivity index (χ4n) is 9.02. The molecule has 0 radical (unpaired) electrons. The molecule has 14 heteroatoms. The quantitative estimate of drug-likeness (QED) is 0.0984. The van der Waals surface area contributed by atoms with Gasteiger partial charge in [0.15, 0.2) is 0 Å². The number of aromatic nitrogens is 1. The number of hydrogen-bond donors (Lipinski definition) is 2. The molecule has 1 aliphatic heterocycles. The van der Waals surface area contributed by atoms with Crippen LogP contribution in [0, 0.1) is 21.4 Å². The number of hydrogen-bond acceptors (Lipinski definition) is 10. The van der Waals surface area contributed by atoms with Gasteiger partial charge < -0.3 is 15.0 Å². The van der Waals surface area contributed by atoms with Crippen molar-refractivity contribution in [2.45, 2.75) is 76.5 Å². The molecular weight excluding hydrogens is 812 g/mol. The number of anilines is 2. The SMILES string of the molecule is CC1(C)CCC(CN2CCN(c3ccc(C(=O)NS(=O)(=O)c4ccc(NCC5CCCCC5)c([N+](=O)[O-])c4)c(Oc4cnc5c(c4)C=CC5)c3)CC2)=C(c2ccc(Cl)cc2)C1. The summed E-state index contributed by atoms with van der Waals surface area (Å²) in [6.07, 6.45) is 15.1. The maximum absolute atomic E-state index is 13.9. The third-order valence-electron chi connectivity index (χ3n) is 12.6. The summed E-state index contributed by atoms with van der Waals surface area (Å²) >= 11 is 6.24. The highest BCUT2D eigenvalue weighted by molar-refractivity contribution is 7.90. The largest absolute Gasteiger partial charge is 0.455 e. The van der Waals surface area contributed by atoms with Crippen LogP contribution in [0.2, 0.25) is 5.02 Å². The lowest BCUT2D eigenvalue weighted by Crippen LogP contribution is -2.47. The number of fused-ring (bicyclic) bond motifs is 1.